The first kappa shape index (κ1) is 17.3. The van der Waals surface area contributed by atoms with E-state index in [2.05, 4.69) is 5.32 Å². The molecule has 0 aliphatic heterocycles. The smallest absolute Gasteiger partial charge is 0.224 e. The van der Waals surface area contributed by atoms with Crippen LogP contribution in [0, 0.1) is 0 Å². The van der Waals surface area contributed by atoms with Crippen LogP contribution in [0.25, 0.3) is 0 Å². The van der Waals surface area contributed by atoms with E-state index < -0.39 is 6.10 Å². The maximum atomic E-state index is 12.0. The number of benzene rings is 2. The Balaban J connectivity index is 1.79. The average Bonchev–Trinajstić information content (AvgIpc) is 2.57. The van der Waals surface area contributed by atoms with Crippen LogP contribution in [0.4, 0.5) is 0 Å². The molecular formula is C18H20ClNO3. The summed E-state index contributed by atoms with van der Waals surface area (Å²) in [7, 11) is 1.57. The van der Waals surface area contributed by atoms with E-state index in [1.54, 1.807) is 25.3 Å². The van der Waals surface area contributed by atoms with E-state index in [0.717, 1.165) is 11.1 Å². The Bertz CT molecular complexity index is 646. The molecule has 0 aliphatic rings. The topological polar surface area (TPSA) is 58.6 Å². The van der Waals surface area contributed by atoms with Gasteiger partial charge in [-0.3, -0.25) is 4.79 Å². The van der Waals surface area contributed by atoms with Crippen molar-refractivity contribution in [2.24, 2.45) is 0 Å². The van der Waals surface area contributed by atoms with Crippen molar-refractivity contribution in [1.29, 1.82) is 0 Å². The van der Waals surface area contributed by atoms with Crippen molar-refractivity contribution in [3.05, 3.63) is 64.7 Å². The molecule has 5 heteroatoms. The number of ether oxygens (including phenoxy) is 1. The van der Waals surface area contributed by atoms with Crippen LogP contribution in [-0.4, -0.2) is 24.7 Å². The summed E-state index contributed by atoms with van der Waals surface area (Å²) in [4.78, 5) is 12.0. The van der Waals surface area contributed by atoms with Crippen LogP contribution in [-0.2, 0) is 11.2 Å². The van der Waals surface area contributed by atoms with Gasteiger partial charge >= 0.3 is 0 Å². The number of aliphatic hydroxyl groups is 1. The van der Waals surface area contributed by atoms with Gasteiger partial charge in [0, 0.05) is 11.6 Å². The zero-order valence-electron chi connectivity index (χ0n) is 13.0. The number of hydrogen-bond acceptors (Lipinski definition) is 3. The fraction of sp³-hybridized carbons (Fsp3) is 0.278. The molecule has 0 fully saturated rings. The van der Waals surface area contributed by atoms with Crippen molar-refractivity contribution >= 4 is 17.5 Å². The second kappa shape index (κ2) is 8.56. The van der Waals surface area contributed by atoms with Crippen LogP contribution in [0.2, 0.25) is 5.02 Å². The molecule has 0 saturated heterocycles. The molecule has 1 amide bonds. The Morgan fingerprint density at radius 3 is 2.65 bits per heavy atom. The van der Waals surface area contributed by atoms with Gasteiger partial charge in [0.2, 0.25) is 5.91 Å². The molecule has 0 aromatic heterocycles. The predicted molar refractivity (Wildman–Crippen MR) is 90.7 cm³/mol. The van der Waals surface area contributed by atoms with Gasteiger partial charge in [-0.2, -0.15) is 0 Å². The fourth-order valence-corrected chi connectivity index (χ4v) is 2.46. The summed E-state index contributed by atoms with van der Waals surface area (Å²) in [6, 6.07) is 14.6. The standard InChI is InChI=1S/C18H20ClNO3/c1-23-15-8-7-14(16(19)12-15)11-18(22)20-10-9-17(21)13-5-3-2-4-6-13/h2-8,12,17,21H,9-11H2,1H3,(H,20,22). The minimum absolute atomic E-state index is 0.127. The molecule has 4 nitrogen and oxygen atoms in total. The number of methoxy groups -OCH3 is 1. The Morgan fingerprint density at radius 1 is 1.26 bits per heavy atom. The zero-order valence-corrected chi connectivity index (χ0v) is 13.7. The summed E-state index contributed by atoms with van der Waals surface area (Å²) in [6.45, 7) is 0.405. The van der Waals surface area contributed by atoms with E-state index in [4.69, 9.17) is 16.3 Å². The molecule has 0 radical (unpaired) electrons. The number of halogens is 1. The number of nitrogens with one attached hydrogen (secondary N) is 1. The molecule has 2 aromatic carbocycles. The van der Waals surface area contributed by atoms with Gasteiger partial charge in [-0.15, -0.1) is 0 Å². The van der Waals surface area contributed by atoms with Crippen molar-refractivity contribution in [3.8, 4) is 5.75 Å². The number of carbonyl (C=O) groups is 1. The fourth-order valence-electron chi connectivity index (χ4n) is 2.22. The summed E-state index contributed by atoms with van der Waals surface area (Å²) in [5.41, 5.74) is 1.59. The van der Waals surface area contributed by atoms with Gasteiger partial charge in [0.05, 0.1) is 19.6 Å². The minimum atomic E-state index is -0.582. The summed E-state index contributed by atoms with van der Waals surface area (Å²) >= 11 is 6.12. The first-order valence-corrected chi connectivity index (χ1v) is 7.80. The summed E-state index contributed by atoms with van der Waals surface area (Å²) in [5.74, 6) is 0.530. The lowest BCUT2D eigenvalue weighted by atomic mass is 10.1. The molecule has 1 atom stereocenters. The van der Waals surface area contributed by atoms with Gasteiger partial charge < -0.3 is 15.2 Å². The number of rotatable bonds is 7. The second-order valence-corrected chi connectivity index (χ2v) is 5.61. The molecule has 23 heavy (non-hydrogen) atoms. The molecule has 0 bridgehead atoms. The maximum Gasteiger partial charge on any atom is 0.224 e. The molecule has 2 N–H and O–H groups in total. The number of hydrogen-bond donors (Lipinski definition) is 2. The first-order chi connectivity index (χ1) is 11.1. The van der Waals surface area contributed by atoms with Crippen molar-refractivity contribution in [1.82, 2.24) is 5.32 Å². The third kappa shape index (κ3) is 5.27. The van der Waals surface area contributed by atoms with Crippen LogP contribution in [0.5, 0.6) is 5.75 Å². The SMILES string of the molecule is COc1ccc(CC(=O)NCCC(O)c2ccccc2)c(Cl)c1. The predicted octanol–water partition coefficient (Wildman–Crippen LogP) is 3.13. The lowest BCUT2D eigenvalue weighted by Crippen LogP contribution is -2.27. The maximum absolute atomic E-state index is 12.0. The molecule has 122 valence electrons. The van der Waals surface area contributed by atoms with Gasteiger partial charge in [-0.1, -0.05) is 48.0 Å². The molecule has 0 aliphatic carbocycles. The van der Waals surface area contributed by atoms with E-state index in [0.29, 0.717) is 23.7 Å². The van der Waals surface area contributed by atoms with E-state index in [1.807, 2.05) is 30.3 Å². The molecule has 0 spiro atoms. The average molecular weight is 334 g/mol. The van der Waals surface area contributed by atoms with E-state index in [9.17, 15) is 9.90 Å². The summed E-state index contributed by atoms with van der Waals surface area (Å²) < 4.78 is 5.08. The van der Waals surface area contributed by atoms with Gasteiger partial charge in [-0.25, -0.2) is 0 Å². The van der Waals surface area contributed by atoms with Crippen LogP contribution >= 0.6 is 11.6 Å². The first-order valence-electron chi connectivity index (χ1n) is 7.42. The second-order valence-electron chi connectivity index (χ2n) is 5.20. The van der Waals surface area contributed by atoms with Gasteiger partial charge in [0.15, 0.2) is 0 Å². The van der Waals surface area contributed by atoms with Gasteiger partial charge in [0.25, 0.3) is 0 Å². The normalized spacial score (nSPS) is 11.8. The van der Waals surface area contributed by atoms with Gasteiger partial charge in [-0.05, 0) is 29.7 Å². The van der Waals surface area contributed by atoms with Crippen molar-refractivity contribution < 1.29 is 14.6 Å². The van der Waals surface area contributed by atoms with Crippen LogP contribution in [0.1, 0.15) is 23.7 Å². The molecule has 0 heterocycles. The summed E-state index contributed by atoms with van der Waals surface area (Å²) in [6.07, 6.45) is 0.0807. The van der Waals surface area contributed by atoms with Crippen LogP contribution in [0.15, 0.2) is 48.5 Å². The molecule has 2 aromatic rings. The summed E-state index contributed by atoms with van der Waals surface area (Å²) in [5, 5.41) is 13.3. The minimum Gasteiger partial charge on any atom is -0.497 e. The van der Waals surface area contributed by atoms with Crippen molar-refractivity contribution in [3.63, 3.8) is 0 Å². The largest absolute Gasteiger partial charge is 0.497 e. The Morgan fingerprint density at radius 2 is 2.00 bits per heavy atom. The molecule has 1 unspecified atom stereocenters. The Kier molecular flexibility index (Phi) is 6.44. The number of carbonyl (C=O) groups excluding carboxylic acids is 1. The highest BCUT2D eigenvalue weighted by atomic mass is 35.5. The lowest BCUT2D eigenvalue weighted by Gasteiger charge is -2.12. The number of aliphatic hydroxyl groups excluding tert-OH is 1. The van der Waals surface area contributed by atoms with Gasteiger partial charge in [0.1, 0.15) is 5.75 Å². The number of amides is 1. The van der Waals surface area contributed by atoms with Crippen LogP contribution in [0.3, 0.4) is 0 Å². The lowest BCUT2D eigenvalue weighted by molar-refractivity contribution is -0.120. The highest BCUT2D eigenvalue weighted by Gasteiger charge is 2.10. The molecule has 2 rings (SSSR count). The van der Waals surface area contributed by atoms with Crippen molar-refractivity contribution in [2.45, 2.75) is 18.9 Å². The Hall–Kier alpha value is -2.04. The Labute approximate surface area is 141 Å². The third-order valence-corrected chi connectivity index (χ3v) is 3.89. The van der Waals surface area contributed by atoms with E-state index >= 15 is 0 Å². The van der Waals surface area contributed by atoms with E-state index in [-0.39, 0.29) is 12.3 Å². The monoisotopic (exact) mass is 333 g/mol. The molecular weight excluding hydrogens is 314 g/mol. The van der Waals surface area contributed by atoms with Crippen LogP contribution < -0.4 is 10.1 Å². The molecule has 0 saturated carbocycles. The van der Waals surface area contributed by atoms with Crippen molar-refractivity contribution in [2.75, 3.05) is 13.7 Å². The zero-order chi connectivity index (χ0) is 16.7. The van der Waals surface area contributed by atoms with E-state index in [1.165, 1.54) is 0 Å². The third-order valence-electron chi connectivity index (χ3n) is 3.54. The highest BCUT2D eigenvalue weighted by molar-refractivity contribution is 6.31. The highest BCUT2D eigenvalue weighted by Crippen LogP contribution is 2.22. The quantitative estimate of drug-likeness (QED) is 0.818.